The SMILES string of the molecule is Cc1cc(C)n(-c2ccc(CNC(=O)NC3CC(=O)N(C)C3)cn2)n1. The van der Waals surface area contributed by atoms with E-state index in [0.29, 0.717) is 19.5 Å². The van der Waals surface area contributed by atoms with E-state index >= 15 is 0 Å². The number of likely N-dealkylation sites (N-methyl/N-ethyl adjacent to an activating group) is 1. The van der Waals surface area contributed by atoms with Crippen LogP contribution in [0.5, 0.6) is 0 Å². The molecule has 3 heterocycles. The Balaban J connectivity index is 1.53. The van der Waals surface area contributed by atoms with Crippen molar-refractivity contribution in [2.24, 2.45) is 0 Å². The minimum atomic E-state index is -0.282. The first-order chi connectivity index (χ1) is 11.9. The third-order valence-corrected chi connectivity index (χ3v) is 4.17. The number of likely N-dealkylation sites (tertiary alicyclic amines) is 1. The zero-order valence-electron chi connectivity index (χ0n) is 14.6. The highest BCUT2D eigenvalue weighted by Gasteiger charge is 2.27. The molecule has 0 aromatic carbocycles. The molecule has 1 saturated heterocycles. The summed E-state index contributed by atoms with van der Waals surface area (Å²) in [4.78, 5) is 29.4. The van der Waals surface area contributed by atoms with E-state index in [1.165, 1.54) is 0 Å². The normalized spacial score (nSPS) is 17.0. The highest BCUT2D eigenvalue weighted by Crippen LogP contribution is 2.10. The Morgan fingerprint density at radius 3 is 2.72 bits per heavy atom. The Labute approximate surface area is 146 Å². The molecular weight excluding hydrogens is 320 g/mol. The van der Waals surface area contributed by atoms with Gasteiger partial charge in [0.25, 0.3) is 0 Å². The van der Waals surface area contributed by atoms with E-state index < -0.39 is 0 Å². The number of urea groups is 1. The monoisotopic (exact) mass is 342 g/mol. The van der Waals surface area contributed by atoms with Crippen molar-refractivity contribution in [1.29, 1.82) is 0 Å². The summed E-state index contributed by atoms with van der Waals surface area (Å²) in [7, 11) is 1.73. The van der Waals surface area contributed by atoms with Crippen molar-refractivity contribution in [1.82, 2.24) is 30.3 Å². The minimum absolute atomic E-state index is 0.0502. The highest BCUT2D eigenvalue weighted by atomic mass is 16.2. The second-order valence-electron chi connectivity index (χ2n) is 6.37. The number of aryl methyl sites for hydroxylation is 2. The number of hydrogen-bond acceptors (Lipinski definition) is 4. The zero-order valence-corrected chi connectivity index (χ0v) is 14.6. The van der Waals surface area contributed by atoms with Crippen molar-refractivity contribution in [3.63, 3.8) is 0 Å². The first-order valence-electron chi connectivity index (χ1n) is 8.19. The number of nitrogens with zero attached hydrogens (tertiary/aromatic N) is 4. The molecule has 0 radical (unpaired) electrons. The van der Waals surface area contributed by atoms with Crippen LogP contribution in [0, 0.1) is 13.8 Å². The van der Waals surface area contributed by atoms with Crippen LogP contribution < -0.4 is 10.6 Å². The van der Waals surface area contributed by atoms with Gasteiger partial charge in [-0.3, -0.25) is 4.79 Å². The lowest BCUT2D eigenvalue weighted by Gasteiger charge is -2.13. The molecular formula is C17H22N6O2. The third-order valence-electron chi connectivity index (χ3n) is 4.17. The van der Waals surface area contributed by atoms with Gasteiger partial charge in [-0.15, -0.1) is 0 Å². The number of rotatable bonds is 4. The maximum atomic E-state index is 11.9. The first kappa shape index (κ1) is 16.9. The molecule has 1 unspecified atom stereocenters. The molecule has 1 atom stereocenters. The third kappa shape index (κ3) is 3.96. The van der Waals surface area contributed by atoms with Gasteiger partial charge in [0.1, 0.15) is 0 Å². The van der Waals surface area contributed by atoms with Crippen LogP contribution in [0.4, 0.5) is 4.79 Å². The smallest absolute Gasteiger partial charge is 0.315 e. The lowest BCUT2D eigenvalue weighted by Crippen LogP contribution is -2.42. The summed E-state index contributed by atoms with van der Waals surface area (Å²) in [6.45, 7) is 4.83. The van der Waals surface area contributed by atoms with E-state index in [1.54, 1.807) is 22.8 Å². The van der Waals surface area contributed by atoms with Crippen LogP contribution in [0.3, 0.4) is 0 Å². The molecule has 0 spiro atoms. The average Bonchev–Trinajstić information content (AvgIpc) is 3.07. The number of hydrogen-bond donors (Lipinski definition) is 2. The Morgan fingerprint density at radius 1 is 1.36 bits per heavy atom. The second-order valence-corrected chi connectivity index (χ2v) is 6.37. The van der Waals surface area contributed by atoms with Gasteiger partial charge in [-0.25, -0.2) is 14.5 Å². The molecule has 8 nitrogen and oxygen atoms in total. The quantitative estimate of drug-likeness (QED) is 0.864. The summed E-state index contributed by atoms with van der Waals surface area (Å²) in [6.07, 6.45) is 2.07. The number of carbonyl (C=O) groups excluding carboxylic acids is 2. The lowest BCUT2D eigenvalue weighted by atomic mass is 10.2. The van der Waals surface area contributed by atoms with Crippen LogP contribution in [0.2, 0.25) is 0 Å². The van der Waals surface area contributed by atoms with Crippen LogP contribution in [0.15, 0.2) is 24.4 Å². The van der Waals surface area contributed by atoms with Crippen LogP contribution >= 0.6 is 0 Å². The molecule has 3 amide bonds. The molecule has 1 aliphatic rings. The zero-order chi connectivity index (χ0) is 18.0. The van der Waals surface area contributed by atoms with Gasteiger partial charge in [0.05, 0.1) is 11.7 Å². The predicted molar refractivity (Wildman–Crippen MR) is 92.2 cm³/mol. The topological polar surface area (TPSA) is 92.2 Å². The molecule has 3 rings (SSSR count). The van der Waals surface area contributed by atoms with Crippen LogP contribution in [0.25, 0.3) is 5.82 Å². The molecule has 0 saturated carbocycles. The van der Waals surface area contributed by atoms with E-state index in [2.05, 4.69) is 20.7 Å². The fourth-order valence-corrected chi connectivity index (χ4v) is 2.89. The highest BCUT2D eigenvalue weighted by molar-refractivity contribution is 5.81. The van der Waals surface area contributed by atoms with E-state index in [1.807, 2.05) is 32.0 Å². The summed E-state index contributed by atoms with van der Waals surface area (Å²) in [5, 5.41) is 10.00. The second kappa shape index (κ2) is 6.92. The van der Waals surface area contributed by atoms with Crippen LogP contribution in [-0.4, -0.2) is 51.2 Å². The number of amides is 3. The van der Waals surface area contributed by atoms with Crippen molar-refractivity contribution in [3.05, 3.63) is 41.3 Å². The van der Waals surface area contributed by atoms with Gasteiger partial charge in [-0.1, -0.05) is 6.07 Å². The molecule has 1 fully saturated rings. The number of carbonyl (C=O) groups is 2. The van der Waals surface area contributed by atoms with Gasteiger partial charge in [0.15, 0.2) is 5.82 Å². The van der Waals surface area contributed by atoms with Crippen molar-refractivity contribution < 1.29 is 9.59 Å². The fourth-order valence-electron chi connectivity index (χ4n) is 2.89. The summed E-state index contributed by atoms with van der Waals surface area (Å²) < 4.78 is 1.78. The Bertz CT molecular complexity index is 783. The first-order valence-corrected chi connectivity index (χ1v) is 8.19. The number of pyridine rings is 1. The molecule has 132 valence electrons. The predicted octanol–water partition coefficient (Wildman–Crippen LogP) is 0.914. The van der Waals surface area contributed by atoms with Gasteiger partial charge >= 0.3 is 6.03 Å². The maximum absolute atomic E-state index is 11.9. The molecule has 2 aromatic rings. The van der Waals surface area contributed by atoms with Gasteiger partial charge in [0, 0.05) is 38.4 Å². The van der Waals surface area contributed by atoms with E-state index in [9.17, 15) is 9.59 Å². The number of aromatic nitrogens is 3. The van der Waals surface area contributed by atoms with Gasteiger partial charge in [-0.2, -0.15) is 5.10 Å². The average molecular weight is 342 g/mol. The Morgan fingerprint density at radius 2 is 2.16 bits per heavy atom. The Hall–Kier alpha value is -2.90. The minimum Gasteiger partial charge on any atom is -0.344 e. The van der Waals surface area contributed by atoms with Crippen molar-refractivity contribution in [2.75, 3.05) is 13.6 Å². The van der Waals surface area contributed by atoms with Gasteiger partial charge < -0.3 is 15.5 Å². The van der Waals surface area contributed by atoms with Crippen molar-refractivity contribution in [2.45, 2.75) is 32.9 Å². The maximum Gasteiger partial charge on any atom is 0.315 e. The van der Waals surface area contributed by atoms with Crippen LogP contribution in [-0.2, 0) is 11.3 Å². The largest absolute Gasteiger partial charge is 0.344 e. The van der Waals surface area contributed by atoms with Crippen LogP contribution in [0.1, 0.15) is 23.4 Å². The molecule has 0 aliphatic carbocycles. The van der Waals surface area contributed by atoms with Gasteiger partial charge in [0.2, 0.25) is 5.91 Å². The summed E-state index contributed by atoms with van der Waals surface area (Å²) in [5.41, 5.74) is 2.85. The summed E-state index contributed by atoms with van der Waals surface area (Å²) in [5.74, 6) is 0.792. The molecule has 1 aliphatic heterocycles. The van der Waals surface area contributed by atoms with Crippen molar-refractivity contribution >= 4 is 11.9 Å². The molecule has 2 N–H and O–H groups in total. The van der Waals surface area contributed by atoms with E-state index in [4.69, 9.17) is 0 Å². The molecule has 8 heteroatoms. The fraction of sp³-hybridized carbons (Fsp3) is 0.412. The molecule has 0 bridgehead atoms. The summed E-state index contributed by atoms with van der Waals surface area (Å²) >= 11 is 0. The molecule has 2 aromatic heterocycles. The number of nitrogens with one attached hydrogen (secondary N) is 2. The van der Waals surface area contributed by atoms with Gasteiger partial charge in [-0.05, 0) is 31.5 Å². The molecule has 25 heavy (non-hydrogen) atoms. The van der Waals surface area contributed by atoms with Crippen molar-refractivity contribution in [3.8, 4) is 5.82 Å². The Kier molecular flexibility index (Phi) is 4.69. The van der Waals surface area contributed by atoms with E-state index in [0.717, 1.165) is 22.8 Å². The van der Waals surface area contributed by atoms with E-state index in [-0.39, 0.29) is 18.0 Å². The lowest BCUT2D eigenvalue weighted by molar-refractivity contribution is -0.126. The standard InChI is InChI=1S/C17H22N6O2/c1-11-6-12(2)23(21-11)15-5-4-13(8-18-15)9-19-17(25)20-14-7-16(24)22(3)10-14/h4-6,8,14H,7,9-10H2,1-3H3,(H2,19,20,25). The summed E-state index contributed by atoms with van der Waals surface area (Å²) in [6, 6.07) is 5.36.